The van der Waals surface area contributed by atoms with Gasteiger partial charge in [-0.1, -0.05) is 84.5 Å². The van der Waals surface area contributed by atoms with Crippen LogP contribution in [0.3, 0.4) is 0 Å². The second kappa shape index (κ2) is 19.8. The van der Waals surface area contributed by atoms with Gasteiger partial charge in [0.15, 0.2) is 0 Å². The van der Waals surface area contributed by atoms with Crippen LogP contribution < -0.4 is 5.32 Å². The number of rotatable bonds is 18. The fourth-order valence-corrected chi connectivity index (χ4v) is 3.52. The summed E-state index contributed by atoms with van der Waals surface area (Å²) in [6.45, 7) is 8.27. The lowest BCUT2D eigenvalue weighted by molar-refractivity contribution is -0.374. The molecule has 0 fully saturated rings. The molecule has 0 spiro atoms. The number of nitrogens with one attached hydrogen (secondary N) is 1. The van der Waals surface area contributed by atoms with Crippen LogP contribution in [0.2, 0.25) is 0 Å². The standard InChI is InChI=1S/C27H51N3O8/c1-6-8-10-12-13-14-15-17-19-22(31)28-24(29-25(33)38-26(3,4)5)30(27(34,35)36)21-23(32)37-20-18-16-11-9-7-2/h34-36H,6-21H2,1-5H3,(H,28,29,31,33). The van der Waals surface area contributed by atoms with Gasteiger partial charge in [-0.2, -0.15) is 0 Å². The highest BCUT2D eigenvalue weighted by Gasteiger charge is 2.36. The van der Waals surface area contributed by atoms with E-state index >= 15 is 0 Å². The lowest BCUT2D eigenvalue weighted by Gasteiger charge is -2.31. The molecule has 11 heteroatoms. The van der Waals surface area contributed by atoms with E-state index < -0.39 is 42.2 Å². The van der Waals surface area contributed by atoms with E-state index in [1.807, 2.05) is 0 Å². The summed E-state index contributed by atoms with van der Waals surface area (Å²) in [7, 11) is 0. The Morgan fingerprint density at radius 3 is 1.79 bits per heavy atom. The molecule has 4 N–H and O–H groups in total. The molecule has 0 aliphatic carbocycles. The number of esters is 1. The highest BCUT2D eigenvalue weighted by atomic mass is 16.7. The van der Waals surface area contributed by atoms with Gasteiger partial charge in [-0.05, 0) is 33.6 Å². The summed E-state index contributed by atoms with van der Waals surface area (Å²) >= 11 is 0. The predicted molar refractivity (Wildman–Crippen MR) is 145 cm³/mol. The fourth-order valence-electron chi connectivity index (χ4n) is 3.52. The number of aliphatic hydroxyl groups is 3. The molecule has 2 amide bonds. The zero-order valence-electron chi connectivity index (χ0n) is 24.1. The van der Waals surface area contributed by atoms with E-state index in [2.05, 4.69) is 24.2 Å². The zero-order valence-corrected chi connectivity index (χ0v) is 24.1. The number of nitrogens with zero attached hydrogens (tertiary/aromatic N) is 2. The van der Waals surface area contributed by atoms with Gasteiger partial charge >= 0.3 is 18.2 Å². The molecule has 0 aromatic carbocycles. The minimum Gasteiger partial charge on any atom is -0.464 e. The number of amides is 2. The van der Waals surface area contributed by atoms with E-state index in [4.69, 9.17) is 9.47 Å². The lowest BCUT2D eigenvalue weighted by atomic mass is 10.1. The maximum Gasteiger partial charge on any atom is 0.437 e. The average molecular weight is 546 g/mol. The molecule has 0 saturated heterocycles. The first-order valence-corrected chi connectivity index (χ1v) is 14.0. The first-order valence-electron chi connectivity index (χ1n) is 14.0. The third kappa shape index (κ3) is 19.8. The Morgan fingerprint density at radius 2 is 1.29 bits per heavy atom. The first kappa shape index (κ1) is 35.8. The second-order valence-electron chi connectivity index (χ2n) is 10.5. The number of unbranched alkanes of at least 4 members (excludes halogenated alkanes) is 11. The molecule has 11 nitrogen and oxygen atoms in total. The van der Waals surface area contributed by atoms with Crippen LogP contribution in [0.1, 0.15) is 125 Å². The number of carbonyl (C=O) groups is 3. The molecule has 0 rings (SSSR count). The van der Waals surface area contributed by atoms with Crippen molar-refractivity contribution in [2.24, 2.45) is 4.99 Å². The Bertz CT molecular complexity index is 714. The number of ether oxygens (including phenoxy) is 2. The van der Waals surface area contributed by atoms with E-state index in [0.29, 0.717) is 12.8 Å². The molecule has 0 aromatic rings. The largest absolute Gasteiger partial charge is 0.464 e. The number of hydrogen-bond acceptors (Lipinski definition) is 8. The van der Waals surface area contributed by atoms with Crippen LogP contribution in [0, 0.1) is 0 Å². The number of carbonyl (C=O) groups excluding carboxylic acids is 3. The normalized spacial score (nSPS) is 12.3. The summed E-state index contributed by atoms with van der Waals surface area (Å²) in [4.78, 5) is 41.1. The molecule has 0 atom stereocenters. The molecular formula is C27H51N3O8. The molecule has 0 radical (unpaired) electrons. The highest BCUT2D eigenvalue weighted by Crippen LogP contribution is 2.12. The minimum atomic E-state index is -3.62. The van der Waals surface area contributed by atoms with Crippen molar-refractivity contribution in [3.05, 3.63) is 0 Å². The summed E-state index contributed by atoms with van der Waals surface area (Å²) in [5, 5.41) is 32.0. The highest BCUT2D eigenvalue weighted by molar-refractivity contribution is 6.01. The van der Waals surface area contributed by atoms with Crippen LogP contribution in [-0.2, 0) is 19.1 Å². The fraction of sp³-hybridized carbons (Fsp3) is 0.852. The van der Waals surface area contributed by atoms with Gasteiger partial charge in [0.1, 0.15) is 12.1 Å². The van der Waals surface area contributed by atoms with E-state index in [-0.39, 0.29) is 17.9 Å². The number of aliphatic imine (C=N–C) groups is 1. The topological polar surface area (TPSA) is 158 Å². The van der Waals surface area contributed by atoms with Gasteiger partial charge in [0.05, 0.1) is 6.61 Å². The third-order valence-electron chi connectivity index (χ3n) is 5.52. The van der Waals surface area contributed by atoms with Gasteiger partial charge in [-0.15, -0.1) is 4.99 Å². The minimum absolute atomic E-state index is 0.0770. The van der Waals surface area contributed by atoms with Crippen LogP contribution in [0.25, 0.3) is 0 Å². The van der Waals surface area contributed by atoms with Gasteiger partial charge < -0.3 is 24.8 Å². The van der Waals surface area contributed by atoms with Crippen LogP contribution in [-0.4, -0.2) is 69.0 Å². The van der Waals surface area contributed by atoms with Crippen molar-refractivity contribution in [2.45, 2.75) is 136 Å². The zero-order chi connectivity index (χ0) is 29.0. The Kier molecular flexibility index (Phi) is 18.6. The van der Waals surface area contributed by atoms with Gasteiger partial charge in [0.25, 0.3) is 0 Å². The second-order valence-corrected chi connectivity index (χ2v) is 10.5. The van der Waals surface area contributed by atoms with Crippen molar-refractivity contribution in [2.75, 3.05) is 13.2 Å². The third-order valence-corrected chi connectivity index (χ3v) is 5.52. The van der Waals surface area contributed by atoms with Crippen molar-refractivity contribution in [3.63, 3.8) is 0 Å². The number of guanidine groups is 1. The van der Waals surface area contributed by atoms with Gasteiger partial charge in [0.2, 0.25) is 11.9 Å². The summed E-state index contributed by atoms with van der Waals surface area (Å²) in [6, 6.07) is 0. The SMILES string of the molecule is CCCCCCCCCCC(=O)N/C(=N/C(=O)OC(C)(C)C)N(CC(=O)OCCCCCCC)C(O)(O)O. The molecule has 0 aliphatic rings. The molecule has 0 heterocycles. The summed E-state index contributed by atoms with van der Waals surface area (Å²) < 4.78 is 10.2. The maximum absolute atomic E-state index is 12.6. The van der Waals surface area contributed by atoms with E-state index in [0.717, 1.165) is 51.4 Å². The molecule has 0 aromatic heterocycles. The molecule has 222 valence electrons. The van der Waals surface area contributed by atoms with E-state index in [1.54, 1.807) is 20.8 Å². The van der Waals surface area contributed by atoms with Gasteiger partial charge in [-0.3, -0.25) is 19.8 Å². The Labute approximate surface area is 228 Å². The van der Waals surface area contributed by atoms with Crippen LogP contribution >= 0.6 is 0 Å². The quantitative estimate of drug-likeness (QED) is 0.0646. The Hall–Kier alpha value is -2.24. The van der Waals surface area contributed by atoms with Crippen LogP contribution in [0.5, 0.6) is 0 Å². The maximum atomic E-state index is 12.6. The van der Waals surface area contributed by atoms with Crippen molar-refractivity contribution in [1.29, 1.82) is 0 Å². The molecule has 0 aliphatic heterocycles. The monoisotopic (exact) mass is 545 g/mol. The summed E-state index contributed by atoms with van der Waals surface area (Å²) in [6.07, 6.45) is 8.18. The predicted octanol–water partition coefficient (Wildman–Crippen LogP) is 4.33. The average Bonchev–Trinajstić information content (AvgIpc) is 2.79. The van der Waals surface area contributed by atoms with Crippen LogP contribution in [0.4, 0.5) is 4.79 Å². The number of hydrogen-bond donors (Lipinski definition) is 4. The molecule has 0 unspecified atom stereocenters. The van der Waals surface area contributed by atoms with E-state index in [1.165, 1.54) is 19.3 Å². The van der Waals surface area contributed by atoms with Crippen molar-refractivity contribution in [1.82, 2.24) is 10.2 Å². The molecule has 38 heavy (non-hydrogen) atoms. The van der Waals surface area contributed by atoms with Gasteiger partial charge in [-0.25, -0.2) is 4.79 Å². The van der Waals surface area contributed by atoms with Crippen molar-refractivity contribution < 1.29 is 39.2 Å². The van der Waals surface area contributed by atoms with Crippen molar-refractivity contribution >= 4 is 23.9 Å². The Balaban J connectivity index is 5.25. The molecular weight excluding hydrogens is 494 g/mol. The molecule has 0 saturated carbocycles. The smallest absolute Gasteiger partial charge is 0.437 e. The lowest BCUT2D eigenvalue weighted by Crippen LogP contribution is -2.59. The molecule has 0 bridgehead atoms. The first-order chi connectivity index (χ1) is 17.8. The van der Waals surface area contributed by atoms with E-state index in [9.17, 15) is 29.7 Å². The summed E-state index contributed by atoms with van der Waals surface area (Å²) in [5.41, 5.74) is -0.927. The van der Waals surface area contributed by atoms with Crippen molar-refractivity contribution in [3.8, 4) is 0 Å². The summed E-state index contributed by atoms with van der Waals surface area (Å²) in [5.74, 6) is -2.22. The van der Waals surface area contributed by atoms with Gasteiger partial charge in [0, 0.05) is 6.42 Å². The Morgan fingerprint density at radius 1 is 0.789 bits per heavy atom. The van der Waals surface area contributed by atoms with Crippen LogP contribution in [0.15, 0.2) is 4.99 Å².